The number of nitrogens with one attached hydrogen (secondary N) is 2. The summed E-state index contributed by atoms with van der Waals surface area (Å²) in [5.41, 5.74) is 7.15. The summed E-state index contributed by atoms with van der Waals surface area (Å²) in [6.07, 6.45) is 0. The number of benzene rings is 2. The van der Waals surface area contributed by atoms with Gasteiger partial charge in [0.05, 0.1) is 9.79 Å². The third kappa shape index (κ3) is 4.65. The van der Waals surface area contributed by atoms with Crippen molar-refractivity contribution in [1.29, 1.82) is 0 Å². The van der Waals surface area contributed by atoms with Crippen molar-refractivity contribution in [2.75, 3.05) is 13.6 Å². The smallest absolute Gasteiger partial charge is 0.240 e. The van der Waals surface area contributed by atoms with Crippen molar-refractivity contribution in [2.45, 2.75) is 22.8 Å². The van der Waals surface area contributed by atoms with Gasteiger partial charge in [-0.3, -0.25) is 0 Å². The van der Waals surface area contributed by atoms with Crippen LogP contribution in [0.1, 0.15) is 17.2 Å². The fraction of sp³-hybridized carbons (Fsp3) is 0.250. The first-order valence-electron chi connectivity index (χ1n) is 7.52. The lowest BCUT2D eigenvalue weighted by molar-refractivity contribution is 0.571. The van der Waals surface area contributed by atoms with Crippen LogP contribution in [0.3, 0.4) is 0 Å². The van der Waals surface area contributed by atoms with Crippen LogP contribution in [0, 0.1) is 6.92 Å². The highest BCUT2D eigenvalue weighted by Crippen LogP contribution is 2.19. The van der Waals surface area contributed by atoms with E-state index in [9.17, 15) is 16.8 Å². The van der Waals surface area contributed by atoms with Crippen LogP contribution >= 0.6 is 0 Å². The van der Waals surface area contributed by atoms with Gasteiger partial charge in [0.1, 0.15) is 0 Å². The summed E-state index contributed by atoms with van der Waals surface area (Å²) in [6, 6.07) is 12.5. The summed E-state index contributed by atoms with van der Waals surface area (Å²) in [7, 11) is -6.14. The Bertz CT molecular complexity index is 943. The first-order chi connectivity index (χ1) is 11.7. The first-order valence-corrected chi connectivity index (χ1v) is 10.5. The van der Waals surface area contributed by atoms with Crippen molar-refractivity contribution < 1.29 is 16.8 Å². The van der Waals surface area contributed by atoms with E-state index in [1.54, 1.807) is 6.92 Å². The third-order valence-corrected chi connectivity index (χ3v) is 6.73. The number of rotatable bonds is 7. The van der Waals surface area contributed by atoms with E-state index in [0.29, 0.717) is 5.56 Å². The van der Waals surface area contributed by atoms with Gasteiger partial charge in [0.2, 0.25) is 20.0 Å². The molecule has 0 spiro atoms. The lowest BCUT2D eigenvalue weighted by Crippen LogP contribution is -2.32. The molecule has 0 aromatic heterocycles. The summed E-state index contributed by atoms with van der Waals surface area (Å²) < 4.78 is 53.2. The minimum atomic E-state index is -3.80. The topological polar surface area (TPSA) is 118 Å². The van der Waals surface area contributed by atoms with Crippen LogP contribution < -0.4 is 15.2 Å². The van der Waals surface area contributed by atoms with E-state index in [0.717, 1.165) is 5.56 Å². The molecule has 0 saturated heterocycles. The van der Waals surface area contributed by atoms with E-state index in [1.807, 2.05) is 30.3 Å². The van der Waals surface area contributed by atoms with Gasteiger partial charge < -0.3 is 5.73 Å². The van der Waals surface area contributed by atoms with E-state index in [4.69, 9.17) is 5.73 Å². The fourth-order valence-corrected chi connectivity index (χ4v) is 4.40. The van der Waals surface area contributed by atoms with Crippen molar-refractivity contribution >= 4 is 20.0 Å². The molecule has 4 N–H and O–H groups in total. The van der Waals surface area contributed by atoms with E-state index in [-0.39, 0.29) is 16.3 Å². The first kappa shape index (κ1) is 19.5. The number of hydrogen-bond donors (Lipinski definition) is 3. The SMILES string of the molecule is CNS(=O)(=O)c1ccc(S(=O)(=O)NCC(N)c2ccccc2)cc1C. The summed E-state index contributed by atoms with van der Waals surface area (Å²) >= 11 is 0. The van der Waals surface area contributed by atoms with Gasteiger partial charge in [-0.2, -0.15) is 0 Å². The van der Waals surface area contributed by atoms with E-state index < -0.39 is 26.1 Å². The zero-order chi connectivity index (χ0) is 18.7. The van der Waals surface area contributed by atoms with E-state index in [2.05, 4.69) is 9.44 Å². The zero-order valence-corrected chi connectivity index (χ0v) is 15.6. The molecule has 0 fully saturated rings. The molecule has 1 atom stereocenters. The molecule has 0 aliphatic heterocycles. The highest BCUT2D eigenvalue weighted by molar-refractivity contribution is 7.90. The average Bonchev–Trinajstić information content (AvgIpc) is 2.60. The summed E-state index contributed by atoms with van der Waals surface area (Å²) in [5.74, 6) is 0. The van der Waals surface area contributed by atoms with Gasteiger partial charge in [-0.15, -0.1) is 0 Å². The molecule has 2 aromatic rings. The summed E-state index contributed by atoms with van der Waals surface area (Å²) in [5, 5.41) is 0. The quantitative estimate of drug-likeness (QED) is 0.656. The minimum Gasteiger partial charge on any atom is -0.323 e. The van der Waals surface area contributed by atoms with Crippen LogP contribution in [0.25, 0.3) is 0 Å². The molecular weight excluding hydrogens is 362 g/mol. The Balaban J connectivity index is 2.19. The zero-order valence-electron chi connectivity index (χ0n) is 13.9. The van der Waals surface area contributed by atoms with Crippen molar-refractivity contribution in [2.24, 2.45) is 5.73 Å². The normalized spacial score (nSPS) is 13.6. The van der Waals surface area contributed by atoms with Crippen LogP contribution in [-0.4, -0.2) is 30.4 Å². The molecule has 0 aliphatic rings. The molecule has 0 radical (unpaired) electrons. The van der Waals surface area contributed by atoms with Gasteiger partial charge in [0, 0.05) is 12.6 Å². The molecule has 2 aromatic carbocycles. The van der Waals surface area contributed by atoms with Gasteiger partial charge in [-0.05, 0) is 43.3 Å². The predicted octanol–water partition coefficient (Wildman–Crippen LogP) is 0.881. The molecular formula is C16H21N3O4S2. The van der Waals surface area contributed by atoms with Crippen LogP contribution in [0.2, 0.25) is 0 Å². The second-order valence-corrected chi connectivity index (χ2v) is 9.13. The number of aryl methyl sites for hydroxylation is 1. The van der Waals surface area contributed by atoms with Crippen LogP contribution in [0.15, 0.2) is 58.3 Å². The fourth-order valence-electron chi connectivity index (χ4n) is 2.30. The largest absolute Gasteiger partial charge is 0.323 e. The van der Waals surface area contributed by atoms with E-state index in [1.165, 1.54) is 25.2 Å². The number of hydrogen-bond acceptors (Lipinski definition) is 5. The van der Waals surface area contributed by atoms with Crippen molar-refractivity contribution in [3.8, 4) is 0 Å². The van der Waals surface area contributed by atoms with Crippen molar-refractivity contribution in [3.63, 3.8) is 0 Å². The summed E-state index contributed by atoms with van der Waals surface area (Å²) in [6.45, 7) is 1.57. The molecule has 1 unspecified atom stereocenters. The lowest BCUT2D eigenvalue weighted by Gasteiger charge is -2.14. The Kier molecular flexibility index (Phi) is 5.96. The van der Waals surface area contributed by atoms with Gasteiger partial charge in [0.25, 0.3) is 0 Å². The van der Waals surface area contributed by atoms with Crippen molar-refractivity contribution in [1.82, 2.24) is 9.44 Å². The molecule has 7 nitrogen and oxygen atoms in total. The lowest BCUT2D eigenvalue weighted by atomic mass is 10.1. The highest BCUT2D eigenvalue weighted by atomic mass is 32.2. The Labute approximate surface area is 148 Å². The van der Waals surface area contributed by atoms with Gasteiger partial charge in [0.15, 0.2) is 0 Å². The molecule has 9 heteroatoms. The number of nitrogens with two attached hydrogens (primary N) is 1. The molecule has 25 heavy (non-hydrogen) atoms. The van der Waals surface area contributed by atoms with Gasteiger partial charge in [-0.25, -0.2) is 26.3 Å². The molecule has 0 amide bonds. The highest BCUT2D eigenvalue weighted by Gasteiger charge is 2.20. The molecule has 0 heterocycles. The molecule has 2 rings (SSSR count). The number of sulfonamides is 2. The average molecular weight is 383 g/mol. The Morgan fingerprint density at radius 2 is 1.64 bits per heavy atom. The maximum atomic E-state index is 12.4. The Hall–Kier alpha value is -1.78. The van der Waals surface area contributed by atoms with E-state index >= 15 is 0 Å². The van der Waals surface area contributed by atoms with Crippen molar-refractivity contribution in [3.05, 3.63) is 59.7 Å². The van der Waals surface area contributed by atoms with Crippen LogP contribution in [0.5, 0.6) is 0 Å². The Morgan fingerprint density at radius 1 is 1.00 bits per heavy atom. The summed E-state index contributed by atoms with van der Waals surface area (Å²) in [4.78, 5) is 0.0234. The van der Waals surface area contributed by atoms with Crippen LogP contribution in [0.4, 0.5) is 0 Å². The monoisotopic (exact) mass is 383 g/mol. The minimum absolute atomic E-state index is 0.0136. The maximum Gasteiger partial charge on any atom is 0.240 e. The Morgan fingerprint density at radius 3 is 2.20 bits per heavy atom. The van der Waals surface area contributed by atoms with Crippen LogP contribution in [-0.2, 0) is 20.0 Å². The third-order valence-electron chi connectivity index (χ3n) is 3.74. The predicted molar refractivity (Wildman–Crippen MR) is 96.0 cm³/mol. The van der Waals surface area contributed by atoms with Gasteiger partial charge >= 0.3 is 0 Å². The molecule has 0 aliphatic carbocycles. The molecule has 0 bridgehead atoms. The molecule has 0 saturated carbocycles. The second-order valence-electron chi connectivity index (χ2n) is 5.50. The second kappa shape index (κ2) is 7.63. The standard InChI is InChI=1S/C16H21N3O4S2/c1-12-10-14(8-9-16(12)25(22,23)18-2)24(20,21)19-11-15(17)13-6-4-3-5-7-13/h3-10,15,18-19H,11,17H2,1-2H3. The molecule has 136 valence electrons. The maximum absolute atomic E-state index is 12.4. The van der Waals surface area contributed by atoms with Gasteiger partial charge in [-0.1, -0.05) is 30.3 Å².